The minimum absolute atomic E-state index is 0.157. The maximum atomic E-state index is 12.3. The van der Waals surface area contributed by atoms with Crippen molar-refractivity contribution in [2.75, 3.05) is 11.4 Å². The lowest BCUT2D eigenvalue weighted by Gasteiger charge is -2.15. The highest BCUT2D eigenvalue weighted by atomic mass is 32.1. The Labute approximate surface area is 117 Å². The normalized spacial score (nSPS) is 10.8. The van der Waals surface area contributed by atoms with Crippen LogP contribution in [0.3, 0.4) is 0 Å². The van der Waals surface area contributed by atoms with Crippen molar-refractivity contribution < 1.29 is 4.79 Å². The molecule has 0 spiro atoms. The fraction of sp³-hybridized carbons (Fsp3) is 0.167. The van der Waals surface area contributed by atoms with E-state index in [9.17, 15) is 4.79 Å². The van der Waals surface area contributed by atoms with Gasteiger partial charge in [-0.2, -0.15) is 8.75 Å². The lowest BCUT2D eigenvalue weighted by atomic mass is 10.3. The molecule has 1 amide bonds. The molecule has 0 bridgehead atoms. The average Bonchev–Trinajstić information content (AvgIpc) is 3.08. The first-order valence-corrected chi connectivity index (χ1v) is 7.29. The van der Waals surface area contributed by atoms with E-state index in [2.05, 4.69) is 13.7 Å². The average molecular weight is 290 g/mol. The molecule has 0 aliphatic carbocycles. The van der Waals surface area contributed by atoms with Gasteiger partial charge in [0, 0.05) is 6.54 Å². The third-order valence-corrected chi connectivity index (χ3v) is 4.19. The predicted octanol–water partition coefficient (Wildman–Crippen LogP) is 2.81. The minimum Gasteiger partial charge on any atom is -0.283 e. The molecule has 7 heteroatoms. The predicted molar refractivity (Wildman–Crippen MR) is 76.9 cm³/mol. The zero-order chi connectivity index (χ0) is 13.2. The van der Waals surface area contributed by atoms with Gasteiger partial charge in [0.05, 0.1) is 28.1 Å². The molecule has 96 valence electrons. The van der Waals surface area contributed by atoms with Gasteiger partial charge in [-0.1, -0.05) is 23.5 Å². The number of amides is 1. The molecule has 3 aromatic rings. The van der Waals surface area contributed by atoms with Crippen molar-refractivity contribution in [2.24, 2.45) is 0 Å². The third-order valence-electron chi connectivity index (χ3n) is 2.66. The molecule has 2 heterocycles. The van der Waals surface area contributed by atoms with Crippen LogP contribution in [0.2, 0.25) is 0 Å². The van der Waals surface area contributed by atoms with Crippen LogP contribution >= 0.6 is 23.1 Å². The van der Waals surface area contributed by atoms with E-state index in [-0.39, 0.29) is 5.91 Å². The van der Waals surface area contributed by atoms with E-state index >= 15 is 0 Å². The second-order valence-electron chi connectivity index (χ2n) is 3.81. The number of fused-ring (bicyclic) bond motifs is 1. The topological polar surface area (TPSA) is 59.0 Å². The number of hydrogen-bond donors (Lipinski definition) is 0. The highest BCUT2D eigenvalue weighted by molar-refractivity contribution is 7.22. The molecule has 1 aromatic carbocycles. The van der Waals surface area contributed by atoms with E-state index in [1.807, 2.05) is 31.2 Å². The van der Waals surface area contributed by atoms with Crippen LogP contribution in [0.1, 0.15) is 17.4 Å². The highest BCUT2D eigenvalue weighted by Crippen LogP contribution is 2.29. The molecular formula is C12H10N4OS2. The summed E-state index contributed by atoms with van der Waals surface area (Å²) >= 11 is 2.54. The monoisotopic (exact) mass is 290 g/mol. The van der Waals surface area contributed by atoms with Crippen LogP contribution in [0.4, 0.5) is 5.13 Å². The van der Waals surface area contributed by atoms with Crippen LogP contribution in [0.15, 0.2) is 30.5 Å². The van der Waals surface area contributed by atoms with Crippen LogP contribution in [0.5, 0.6) is 0 Å². The summed E-state index contributed by atoms with van der Waals surface area (Å²) in [5.74, 6) is -0.157. The Morgan fingerprint density at radius 2 is 2.21 bits per heavy atom. The van der Waals surface area contributed by atoms with Gasteiger partial charge in [0.1, 0.15) is 0 Å². The standard InChI is InChI=1S/C12H10N4OS2/c1-2-16(11(17)9-7-13-19-15-9)12-14-8-5-3-4-6-10(8)18-12/h3-7H,2H2,1H3. The summed E-state index contributed by atoms with van der Waals surface area (Å²) in [7, 11) is 0. The molecule has 0 aliphatic rings. The lowest BCUT2D eigenvalue weighted by Crippen LogP contribution is -2.30. The molecule has 0 saturated carbocycles. The van der Waals surface area contributed by atoms with Crippen molar-refractivity contribution >= 4 is 44.3 Å². The number of carbonyl (C=O) groups is 1. The van der Waals surface area contributed by atoms with Crippen LogP contribution in [-0.2, 0) is 0 Å². The molecule has 0 unspecified atom stereocenters. The molecule has 0 atom stereocenters. The number of anilines is 1. The summed E-state index contributed by atoms with van der Waals surface area (Å²) in [6, 6.07) is 7.85. The third kappa shape index (κ3) is 2.22. The van der Waals surface area contributed by atoms with E-state index in [0.717, 1.165) is 21.9 Å². The van der Waals surface area contributed by atoms with Gasteiger partial charge in [-0.25, -0.2) is 4.98 Å². The highest BCUT2D eigenvalue weighted by Gasteiger charge is 2.21. The number of nitrogens with zero attached hydrogens (tertiary/aromatic N) is 4. The van der Waals surface area contributed by atoms with Gasteiger partial charge in [0.2, 0.25) is 0 Å². The summed E-state index contributed by atoms with van der Waals surface area (Å²) in [4.78, 5) is 18.4. The number of hydrogen-bond acceptors (Lipinski definition) is 6. The Morgan fingerprint density at radius 3 is 2.89 bits per heavy atom. The molecule has 0 aliphatic heterocycles. The molecule has 0 fully saturated rings. The van der Waals surface area contributed by atoms with E-state index in [1.54, 1.807) is 4.90 Å². The Hall–Kier alpha value is -1.86. The molecule has 0 N–H and O–H groups in total. The van der Waals surface area contributed by atoms with Crippen LogP contribution in [0.25, 0.3) is 10.2 Å². The maximum Gasteiger partial charge on any atom is 0.281 e. The first kappa shape index (κ1) is 12.2. The largest absolute Gasteiger partial charge is 0.283 e. The Balaban J connectivity index is 2.00. The molecule has 0 saturated heterocycles. The number of carbonyl (C=O) groups excluding carboxylic acids is 1. The van der Waals surface area contributed by atoms with Crippen molar-refractivity contribution in [3.8, 4) is 0 Å². The van der Waals surface area contributed by atoms with Crippen molar-refractivity contribution in [3.05, 3.63) is 36.2 Å². The molecule has 5 nitrogen and oxygen atoms in total. The number of thiazole rings is 1. The fourth-order valence-electron chi connectivity index (χ4n) is 1.74. The maximum absolute atomic E-state index is 12.3. The van der Waals surface area contributed by atoms with E-state index in [4.69, 9.17) is 0 Å². The second-order valence-corrected chi connectivity index (χ2v) is 5.37. The molecular weight excluding hydrogens is 280 g/mol. The summed E-state index contributed by atoms with van der Waals surface area (Å²) in [6.45, 7) is 2.47. The molecule has 19 heavy (non-hydrogen) atoms. The van der Waals surface area contributed by atoms with Gasteiger partial charge >= 0.3 is 0 Å². The summed E-state index contributed by atoms with van der Waals surface area (Å²) in [5, 5.41) is 0.696. The zero-order valence-electron chi connectivity index (χ0n) is 10.1. The lowest BCUT2D eigenvalue weighted by molar-refractivity contribution is 0.0984. The van der Waals surface area contributed by atoms with Crippen LogP contribution in [-0.4, -0.2) is 26.2 Å². The summed E-state index contributed by atoms with van der Waals surface area (Å²) in [6.07, 6.45) is 1.49. The number of para-hydroxylation sites is 1. The van der Waals surface area contributed by atoms with Gasteiger partial charge in [0.15, 0.2) is 10.8 Å². The van der Waals surface area contributed by atoms with E-state index < -0.39 is 0 Å². The van der Waals surface area contributed by atoms with Crippen LogP contribution in [0, 0.1) is 0 Å². The minimum atomic E-state index is -0.157. The van der Waals surface area contributed by atoms with Gasteiger partial charge in [0.25, 0.3) is 5.91 Å². The molecule has 2 aromatic heterocycles. The first-order chi connectivity index (χ1) is 9.29. The Morgan fingerprint density at radius 1 is 1.37 bits per heavy atom. The number of benzene rings is 1. The summed E-state index contributed by atoms with van der Waals surface area (Å²) in [5.41, 5.74) is 1.27. The van der Waals surface area contributed by atoms with Crippen molar-refractivity contribution in [1.82, 2.24) is 13.7 Å². The molecule has 0 radical (unpaired) electrons. The van der Waals surface area contributed by atoms with Gasteiger partial charge in [-0.05, 0) is 19.1 Å². The Bertz CT molecular complexity index is 674. The van der Waals surface area contributed by atoms with Gasteiger partial charge in [-0.15, -0.1) is 0 Å². The fourth-order valence-corrected chi connectivity index (χ4v) is 3.17. The quantitative estimate of drug-likeness (QED) is 0.744. The van der Waals surface area contributed by atoms with Crippen molar-refractivity contribution in [2.45, 2.75) is 6.92 Å². The second kappa shape index (κ2) is 5.02. The zero-order valence-corrected chi connectivity index (χ0v) is 11.7. The van der Waals surface area contributed by atoms with Gasteiger partial charge in [-0.3, -0.25) is 9.69 Å². The smallest absolute Gasteiger partial charge is 0.281 e. The first-order valence-electron chi connectivity index (χ1n) is 5.74. The van der Waals surface area contributed by atoms with Crippen molar-refractivity contribution in [3.63, 3.8) is 0 Å². The van der Waals surface area contributed by atoms with Crippen LogP contribution < -0.4 is 4.90 Å². The SMILES string of the molecule is CCN(C(=O)c1cnsn1)c1nc2ccccc2s1. The summed E-state index contributed by atoms with van der Waals surface area (Å²) < 4.78 is 8.91. The van der Waals surface area contributed by atoms with E-state index in [1.165, 1.54) is 17.5 Å². The Kier molecular flexibility index (Phi) is 3.22. The molecule has 3 rings (SSSR count). The number of rotatable bonds is 3. The van der Waals surface area contributed by atoms with Crippen molar-refractivity contribution in [1.29, 1.82) is 0 Å². The number of aromatic nitrogens is 3. The van der Waals surface area contributed by atoms with Gasteiger partial charge < -0.3 is 0 Å². The van der Waals surface area contributed by atoms with E-state index in [0.29, 0.717) is 17.4 Å².